The maximum Gasteiger partial charge on any atom is 0.416 e. The molecule has 2 unspecified atom stereocenters. The molecule has 0 radical (unpaired) electrons. The molecule has 1 N–H and O–H groups in total. The van der Waals surface area contributed by atoms with Crippen LogP contribution in [0.1, 0.15) is 23.5 Å². The summed E-state index contributed by atoms with van der Waals surface area (Å²) in [6.07, 6.45) is -3.92. The van der Waals surface area contributed by atoms with E-state index in [1.54, 1.807) is 18.2 Å². The summed E-state index contributed by atoms with van der Waals surface area (Å²) in [6.45, 7) is 0.362. The van der Waals surface area contributed by atoms with Crippen molar-refractivity contribution < 1.29 is 32.2 Å². The van der Waals surface area contributed by atoms with Gasteiger partial charge in [-0.15, -0.1) is 0 Å². The predicted octanol–water partition coefficient (Wildman–Crippen LogP) is 5.37. The number of fused-ring (bicyclic) bond motifs is 1. The van der Waals surface area contributed by atoms with Gasteiger partial charge in [-0.3, -0.25) is 14.9 Å². The molecule has 2 heterocycles. The first-order valence-corrected chi connectivity index (χ1v) is 9.81. The summed E-state index contributed by atoms with van der Waals surface area (Å²) >= 11 is 6.89. The first-order chi connectivity index (χ1) is 13.7. The van der Waals surface area contributed by atoms with Gasteiger partial charge in [0.25, 0.3) is 5.24 Å². The maximum atomic E-state index is 12.8. The van der Waals surface area contributed by atoms with Crippen molar-refractivity contribution in [2.24, 2.45) is 0 Å². The fourth-order valence-electron chi connectivity index (χ4n) is 3.30. The van der Waals surface area contributed by atoms with Crippen molar-refractivity contribution in [3.63, 3.8) is 0 Å². The van der Waals surface area contributed by atoms with Crippen LogP contribution < -0.4 is 14.8 Å². The molecule has 4 rings (SSSR count). The van der Waals surface area contributed by atoms with Crippen LogP contribution in [0.15, 0.2) is 36.4 Å². The summed E-state index contributed by atoms with van der Waals surface area (Å²) in [5.41, 5.74) is -0.0992. The molecule has 2 amide bonds. The van der Waals surface area contributed by atoms with E-state index in [1.807, 2.05) is 0 Å². The Balaban J connectivity index is 1.57. The second-order valence-corrected chi connectivity index (χ2v) is 8.03. The average molecular weight is 444 g/mol. The number of imide groups is 1. The molecule has 0 saturated carbocycles. The third-order valence-corrected chi connectivity index (χ3v) is 6.05. The lowest BCUT2D eigenvalue weighted by atomic mass is 9.89. The number of rotatable bonds is 3. The number of hydrogen-bond acceptors (Lipinski definition) is 5. The molecule has 0 aliphatic carbocycles. The monoisotopic (exact) mass is 443 g/mol. The van der Waals surface area contributed by atoms with Crippen LogP contribution in [0.4, 0.5) is 18.0 Å². The molecular weight excluding hydrogens is 431 g/mol. The van der Waals surface area contributed by atoms with Crippen LogP contribution in [0, 0.1) is 0 Å². The number of nitrogens with one attached hydrogen (secondary N) is 1. The van der Waals surface area contributed by atoms with E-state index < -0.39 is 17.0 Å². The molecule has 2 aliphatic heterocycles. The minimum absolute atomic E-state index is 0.0725. The van der Waals surface area contributed by atoms with Crippen molar-refractivity contribution in [1.29, 1.82) is 0 Å². The molecule has 2 atom stereocenters. The number of benzene rings is 2. The summed E-state index contributed by atoms with van der Waals surface area (Å²) in [5, 5.41) is 1.22. The third kappa shape index (κ3) is 4.02. The SMILES string of the molecule is O=C1NC(=O)C(C2CCOc3cc(Oc4ccc(C(F)(F)F)cc4Cl)ccc32)S1. The van der Waals surface area contributed by atoms with Crippen molar-refractivity contribution >= 4 is 34.5 Å². The van der Waals surface area contributed by atoms with Gasteiger partial charge in [0, 0.05) is 12.0 Å². The lowest BCUT2D eigenvalue weighted by Gasteiger charge is -2.28. The van der Waals surface area contributed by atoms with Crippen molar-refractivity contribution in [1.82, 2.24) is 5.32 Å². The molecule has 10 heteroatoms. The van der Waals surface area contributed by atoms with Gasteiger partial charge in [-0.05, 0) is 36.2 Å². The highest BCUT2D eigenvalue weighted by Crippen LogP contribution is 2.44. The zero-order chi connectivity index (χ0) is 20.8. The van der Waals surface area contributed by atoms with Crippen LogP contribution in [0.5, 0.6) is 17.2 Å². The lowest BCUT2D eigenvalue weighted by molar-refractivity contribution is -0.137. The highest BCUT2D eigenvalue weighted by Gasteiger charge is 2.41. The third-order valence-electron chi connectivity index (χ3n) is 4.64. The van der Waals surface area contributed by atoms with Crippen LogP contribution >= 0.6 is 23.4 Å². The summed E-state index contributed by atoms with van der Waals surface area (Å²) in [5.74, 6) is 0.372. The lowest BCUT2D eigenvalue weighted by Crippen LogP contribution is -2.31. The number of amides is 2. The van der Waals surface area contributed by atoms with Crippen LogP contribution in [-0.4, -0.2) is 23.0 Å². The number of hydrogen-bond donors (Lipinski definition) is 1. The second kappa shape index (κ2) is 7.46. The fraction of sp³-hybridized carbons (Fsp3) is 0.263. The zero-order valence-corrected chi connectivity index (χ0v) is 16.2. The molecule has 2 aliphatic rings. The van der Waals surface area contributed by atoms with Gasteiger partial charge in [0.05, 0.1) is 17.2 Å². The standard InChI is InChI=1S/C19H13ClF3NO4S/c20-13-7-9(19(21,22)23)1-4-14(13)28-10-2-3-11-12(5-6-27-15(11)8-10)16-17(25)24-18(26)29-16/h1-4,7-8,12,16H,5-6H2,(H,24,25,26). The first kappa shape index (κ1) is 19.9. The molecule has 1 saturated heterocycles. The maximum absolute atomic E-state index is 12.8. The molecule has 1 fully saturated rings. The van der Waals surface area contributed by atoms with Gasteiger partial charge in [0.15, 0.2) is 0 Å². The fourth-order valence-corrected chi connectivity index (χ4v) is 4.52. The van der Waals surface area contributed by atoms with Crippen molar-refractivity contribution in [2.75, 3.05) is 6.61 Å². The Kier molecular flexibility index (Phi) is 5.12. The zero-order valence-electron chi connectivity index (χ0n) is 14.6. The van der Waals surface area contributed by atoms with Crippen molar-refractivity contribution in [3.8, 4) is 17.2 Å². The molecule has 0 spiro atoms. The smallest absolute Gasteiger partial charge is 0.416 e. The van der Waals surface area contributed by atoms with Gasteiger partial charge in [0.2, 0.25) is 5.91 Å². The summed E-state index contributed by atoms with van der Waals surface area (Å²) in [6, 6.07) is 7.78. The number of alkyl halides is 3. The summed E-state index contributed by atoms with van der Waals surface area (Å²) < 4.78 is 49.6. The number of halogens is 4. The number of carbonyl (C=O) groups is 2. The second-order valence-electron chi connectivity index (χ2n) is 6.50. The molecule has 5 nitrogen and oxygen atoms in total. The average Bonchev–Trinajstić information content (AvgIpc) is 3.00. The Labute approximate surface area is 172 Å². The summed E-state index contributed by atoms with van der Waals surface area (Å²) in [4.78, 5) is 23.5. The molecule has 2 aromatic rings. The quantitative estimate of drug-likeness (QED) is 0.691. The van der Waals surface area contributed by atoms with E-state index in [2.05, 4.69) is 5.32 Å². The van der Waals surface area contributed by atoms with Crippen LogP contribution in [0.2, 0.25) is 5.02 Å². The van der Waals surface area contributed by atoms with Gasteiger partial charge in [-0.1, -0.05) is 29.4 Å². The number of carbonyl (C=O) groups excluding carboxylic acids is 2. The Morgan fingerprint density at radius 1 is 1.17 bits per heavy atom. The Hall–Kier alpha value is -2.39. The van der Waals surface area contributed by atoms with E-state index >= 15 is 0 Å². The van der Waals surface area contributed by atoms with Crippen LogP contribution in [-0.2, 0) is 11.0 Å². The largest absolute Gasteiger partial charge is 0.493 e. The molecule has 0 bridgehead atoms. The van der Waals surface area contributed by atoms with Gasteiger partial charge in [-0.2, -0.15) is 13.2 Å². The van der Waals surface area contributed by atoms with E-state index in [4.69, 9.17) is 21.1 Å². The van der Waals surface area contributed by atoms with Gasteiger partial charge in [0.1, 0.15) is 22.5 Å². The van der Waals surface area contributed by atoms with Crippen LogP contribution in [0.25, 0.3) is 0 Å². The number of ether oxygens (including phenoxy) is 2. The number of thioether (sulfide) groups is 1. The van der Waals surface area contributed by atoms with Gasteiger partial charge >= 0.3 is 6.18 Å². The van der Waals surface area contributed by atoms with Gasteiger partial charge < -0.3 is 9.47 Å². The Morgan fingerprint density at radius 2 is 1.97 bits per heavy atom. The first-order valence-electron chi connectivity index (χ1n) is 8.55. The molecule has 29 heavy (non-hydrogen) atoms. The molecule has 2 aromatic carbocycles. The minimum Gasteiger partial charge on any atom is -0.493 e. The Bertz CT molecular complexity index is 998. The normalized spacial score (nSPS) is 21.4. The van der Waals surface area contributed by atoms with Crippen LogP contribution in [0.3, 0.4) is 0 Å². The Morgan fingerprint density at radius 3 is 2.62 bits per heavy atom. The van der Waals surface area contributed by atoms with Gasteiger partial charge in [-0.25, -0.2) is 0 Å². The van der Waals surface area contributed by atoms with E-state index in [1.165, 1.54) is 0 Å². The van der Waals surface area contributed by atoms with Crippen molar-refractivity contribution in [3.05, 3.63) is 52.5 Å². The van der Waals surface area contributed by atoms with E-state index in [-0.39, 0.29) is 27.8 Å². The summed E-state index contributed by atoms with van der Waals surface area (Å²) in [7, 11) is 0. The predicted molar refractivity (Wildman–Crippen MR) is 101 cm³/mol. The topological polar surface area (TPSA) is 64.6 Å². The molecule has 0 aromatic heterocycles. The van der Waals surface area contributed by atoms with E-state index in [9.17, 15) is 22.8 Å². The van der Waals surface area contributed by atoms with E-state index in [0.717, 1.165) is 35.5 Å². The van der Waals surface area contributed by atoms with E-state index in [0.29, 0.717) is 24.5 Å². The highest BCUT2D eigenvalue weighted by molar-refractivity contribution is 8.15. The highest BCUT2D eigenvalue weighted by atomic mass is 35.5. The molecule has 152 valence electrons. The molecular formula is C19H13ClF3NO4S. The minimum atomic E-state index is -4.50. The van der Waals surface area contributed by atoms with Crippen molar-refractivity contribution in [2.45, 2.75) is 23.8 Å².